The number of hydrogen-bond donors (Lipinski definition) is 3. The highest BCUT2D eigenvalue weighted by atomic mass is 35.5. The maximum atomic E-state index is 13.8. The quantitative estimate of drug-likeness (QED) is 0.291. The number of aromatic nitrogens is 3. The Kier molecular flexibility index (Phi) is 6.20. The number of halogens is 4. The zero-order valence-electron chi connectivity index (χ0n) is 18.3. The van der Waals surface area contributed by atoms with Gasteiger partial charge in [-0.15, -0.1) is 0 Å². The summed E-state index contributed by atoms with van der Waals surface area (Å²) >= 11 is 7.12. The van der Waals surface area contributed by atoms with Crippen molar-refractivity contribution in [2.75, 3.05) is 18.0 Å². The van der Waals surface area contributed by atoms with E-state index in [2.05, 4.69) is 15.2 Å². The number of rotatable bonds is 4. The van der Waals surface area contributed by atoms with E-state index in [9.17, 15) is 18.3 Å². The average Bonchev–Trinajstić information content (AvgIpc) is 3.44. The zero-order valence-corrected chi connectivity index (χ0v) is 19.9. The second kappa shape index (κ2) is 9.18. The van der Waals surface area contributed by atoms with E-state index in [4.69, 9.17) is 17.3 Å². The minimum atomic E-state index is -4.61. The van der Waals surface area contributed by atoms with Gasteiger partial charge in [-0.25, -0.2) is 0 Å². The molecule has 0 radical (unpaired) electrons. The molecule has 182 valence electrons. The van der Waals surface area contributed by atoms with Crippen molar-refractivity contribution < 1.29 is 18.3 Å². The lowest BCUT2D eigenvalue weighted by Gasteiger charge is -2.29. The Morgan fingerprint density at radius 1 is 1.20 bits per heavy atom. The number of fused-ring (bicyclic) bond motifs is 1. The number of benzene rings is 2. The number of aromatic amines is 1. The van der Waals surface area contributed by atoms with Crippen molar-refractivity contribution in [3.8, 4) is 5.88 Å². The van der Waals surface area contributed by atoms with Gasteiger partial charge in [-0.2, -0.15) is 23.3 Å². The molecule has 6 nitrogen and oxygen atoms in total. The molecule has 0 saturated carbocycles. The maximum Gasteiger partial charge on any atom is 0.417 e. The molecule has 2 aromatic carbocycles. The monoisotopic (exact) mass is 519 g/mol. The van der Waals surface area contributed by atoms with Crippen molar-refractivity contribution in [3.63, 3.8) is 0 Å². The summed E-state index contributed by atoms with van der Waals surface area (Å²) in [6, 6.07) is 9.14. The van der Waals surface area contributed by atoms with E-state index >= 15 is 0 Å². The fourth-order valence-electron chi connectivity index (χ4n) is 4.15. The predicted octanol–water partition coefficient (Wildman–Crippen LogP) is 5.91. The van der Waals surface area contributed by atoms with Gasteiger partial charge in [-0.1, -0.05) is 35.1 Å². The number of nitrogens with one attached hydrogen (secondary N) is 1. The number of piperidine rings is 1. The van der Waals surface area contributed by atoms with Gasteiger partial charge < -0.3 is 15.7 Å². The van der Waals surface area contributed by atoms with Crippen LogP contribution in [0.4, 0.5) is 18.3 Å². The van der Waals surface area contributed by atoms with Crippen LogP contribution in [0.3, 0.4) is 0 Å². The molecular formula is C24H21ClF3N5OS. The Morgan fingerprint density at radius 3 is 2.71 bits per heavy atom. The lowest BCUT2D eigenvalue weighted by atomic mass is 9.98. The second-order valence-corrected chi connectivity index (χ2v) is 9.85. The van der Waals surface area contributed by atoms with Crippen LogP contribution < -0.4 is 10.6 Å². The molecule has 0 aliphatic carbocycles. The molecule has 0 bridgehead atoms. The molecule has 4 N–H and O–H groups in total. The molecule has 0 spiro atoms. The van der Waals surface area contributed by atoms with Crippen LogP contribution in [0.5, 0.6) is 5.88 Å². The summed E-state index contributed by atoms with van der Waals surface area (Å²) in [5.41, 5.74) is 6.90. The van der Waals surface area contributed by atoms with E-state index < -0.39 is 11.7 Å². The molecule has 0 amide bonds. The number of nitrogens with two attached hydrogens (primary N) is 1. The number of hydrogen-bond acceptors (Lipinski definition) is 6. The highest BCUT2D eigenvalue weighted by Gasteiger charge is 2.33. The third-order valence-electron chi connectivity index (χ3n) is 6.02. The molecule has 35 heavy (non-hydrogen) atoms. The van der Waals surface area contributed by atoms with E-state index in [0.29, 0.717) is 34.2 Å². The summed E-state index contributed by atoms with van der Waals surface area (Å²) in [5.74, 6) is -0.235. The van der Waals surface area contributed by atoms with E-state index in [1.807, 2.05) is 11.0 Å². The minimum Gasteiger partial charge on any atom is -0.492 e. The van der Waals surface area contributed by atoms with Crippen LogP contribution >= 0.6 is 22.9 Å². The standard InChI is InChI=1S/C24H21ClF3N5OS/c25-16-3-1-14(19(11-16)24(26,27)28)10-18(13-2-4-20-15(9-13)12-30-32-20)21-22(34)31-23(35-21)33-7-5-17(29)6-8-33/h1-4,9-12,17,34H,5-8,29H2,(H,30,32). The minimum absolute atomic E-state index is 0.0120. The van der Waals surface area contributed by atoms with Crippen molar-refractivity contribution in [2.24, 2.45) is 5.73 Å². The topological polar surface area (TPSA) is 91.1 Å². The largest absolute Gasteiger partial charge is 0.492 e. The Hall–Kier alpha value is -3.08. The van der Waals surface area contributed by atoms with E-state index in [-0.39, 0.29) is 22.5 Å². The molecule has 1 aliphatic rings. The fourth-order valence-corrected chi connectivity index (χ4v) is 5.37. The first-order valence-electron chi connectivity index (χ1n) is 10.9. The molecule has 2 aromatic heterocycles. The summed E-state index contributed by atoms with van der Waals surface area (Å²) in [7, 11) is 0. The zero-order chi connectivity index (χ0) is 24.7. The van der Waals surface area contributed by atoms with E-state index in [1.165, 1.54) is 29.5 Å². The van der Waals surface area contributed by atoms with E-state index in [1.54, 1.807) is 18.3 Å². The van der Waals surface area contributed by atoms with Crippen LogP contribution in [0.1, 0.15) is 34.4 Å². The first kappa shape index (κ1) is 23.7. The summed E-state index contributed by atoms with van der Waals surface area (Å²) in [6.45, 7) is 1.39. The van der Waals surface area contributed by atoms with Gasteiger partial charge in [0.1, 0.15) is 4.88 Å². The van der Waals surface area contributed by atoms with Gasteiger partial charge in [-0.3, -0.25) is 5.10 Å². The highest BCUT2D eigenvalue weighted by Crippen LogP contribution is 2.42. The van der Waals surface area contributed by atoms with Crippen LogP contribution in [-0.4, -0.2) is 39.4 Å². The summed E-state index contributed by atoms with van der Waals surface area (Å²) in [5, 5.41) is 19.1. The molecule has 3 heterocycles. The number of aromatic hydroxyl groups is 1. The molecular weight excluding hydrogens is 499 g/mol. The number of H-pyrrole nitrogens is 1. The Balaban J connectivity index is 1.66. The number of alkyl halides is 3. The highest BCUT2D eigenvalue weighted by molar-refractivity contribution is 7.17. The summed E-state index contributed by atoms with van der Waals surface area (Å²) in [4.78, 5) is 6.76. The Morgan fingerprint density at radius 2 is 1.97 bits per heavy atom. The molecule has 1 aliphatic heterocycles. The molecule has 0 atom stereocenters. The summed E-state index contributed by atoms with van der Waals surface area (Å²) in [6.07, 6.45) is 0.0483. The van der Waals surface area contributed by atoms with Crippen molar-refractivity contribution >= 4 is 50.6 Å². The van der Waals surface area contributed by atoms with Gasteiger partial charge in [0.05, 0.1) is 17.3 Å². The Labute approximate surface area is 207 Å². The lowest BCUT2D eigenvalue weighted by molar-refractivity contribution is -0.137. The van der Waals surface area contributed by atoms with Crippen LogP contribution in [-0.2, 0) is 6.18 Å². The van der Waals surface area contributed by atoms with Gasteiger partial charge >= 0.3 is 6.18 Å². The fraction of sp³-hybridized carbons (Fsp3) is 0.250. The number of thiazole rings is 1. The number of anilines is 1. The normalized spacial score (nSPS) is 15.8. The van der Waals surface area contributed by atoms with Crippen molar-refractivity contribution in [2.45, 2.75) is 25.1 Å². The predicted molar refractivity (Wildman–Crippen MR) is 133 cm³/mol. The summed E-state index contributed by atoms with van der Waals surface area (Å²) < 4.78 is 41.5. The van der Waals surface area contributed by atoms with Crippen molar-refractivity contribution in [3.05, 3.63) is 69.2 Å². The van der Waals surface area contributed by atoms with Gasteiger partial charge in [-0.05, 0) is 54.3 Å². The average molecular weight is 520 g/mol. The van der Waals surface area contributed by atoms with Crippen LogP contribution in [0.2, 0.25) is 5.02 Å². The van der Waals surface area contributed by atoms with Gasteiger partial charge in [0.25, 0.3) is 0 Å². The van der Waals surface area contributed by atoms with Crippen LogP contribution in [0, 0.1) is 0 Å². The SMILES string of the molecule is NC1CCN(c2nc(O)c(C(=Cc3ccc(Cl)cc3C(F)(F)F)c3ccc4[nH]ncc4c3)s2)CC1. The smallest absolute Gasteiger partial charge is 0.417 e. The molecule has 1 saturated heterocycles. The van der Waals surface area contributed by atoms with Crippen molar-refractivity contribution in [1.29, 1.82) is 0 Å². The molecule has 0 unspecified atom stereocenters. The third-order valence-corrected chi connectivity index (χ3v) is 7.40. The lowest BCUT2D eigenvalue weighted by Crippen LogP contribution is -2.39. The maximum absolute atomic E-state index is 13.8. The van der Waals surface area contributed by atoms with Crippen LogP contribution in [0.15, 0.2) is 42.6 Å². The molecule has 1 fully saturated rings. The third kappa shape index (κ3) is 4.86. The number of nitrogens with zero attached hydrogens (tertiary/aromatic N) is 3. The molecule has 4 aromatic rings. The first-order chi connectivity index (χ1) is 16.7. The Bertz CT molecular complexity index is 1410. The van der Waals surface area contributed by atoms with Gasteiger partial charge in [0.15, 0.2) is 5.13 Å². The van der Waals surface area contributed by atoms with E-state index in [0.717, 1.165) is 29.8 Å². The van der Waals surface area contributed by atoms with Gasteiger partial charge in [0.2, 0.25) is 5.88 Å². The van der Waals surface area contributed by atoms with Crippen molar-refractivity contribution in [1.82, 2.24) is 15.2 Å². The van der Waals surface area contributed by atoms with Crippen LogP contribution in [0.25, 0.3) is 22.6 Å². The first-order valence-corrected chi connectivity index (χ1v) is 12.1. The molecule has 11 heteroatoms. The molecule has 5 rings (SSSR count). The second-order valence-electron chi connectivity index (χ2n) is 8.43. The van der Waals surface area contributed by atoms with Gasteiger partial charge in [0, 0.05) is 35.1 Å².